The second kappa shape index (κ2) is 6.28. The van der Waals surface area contributed by atoms with Crippen molar-refractivity contribution >= 4 is 21.4 Å². The molecule has 0 unspecified atom stereocenters. The lowest BCUT2D eigenvalue weighted by atomic mass is 10.2. The zero-order valence-corrected chi connectivity index (χ0v) is 13.2. The maximum absolute atomic E-state index is 11.9. The third-order valence-corrected chi connectivity index (χ3v) is 4.58. The van der Waals surface area contributed by atoms with Crippen LogP contribution < -0.4 is 10.0 Å². The van der Waals surface area contributed by atoms with Crippen LogP contribution in [0.4, 0.5) is 11.4 Å². The molecule has 6 nitrogen and oxygen atoms in total. The van der Waals surface area contributed by atoms with E-state index in [4.69, 9.17) is 0 Å². The fraction of sp³-hybridized carbons (Fsp3) is 0.357. The molecule has 2 rings (SSSR count). The van der Waals surface area contributed by atoms with Crippen molar-refractivity contribution in [1.29, 1.82) is 0 Å². The van der Waals surface area contributed by atoms with E-state index in [9.17, 15) is 8.42 Å². The van der Waals surface area contributed by atoms with Crippen LogP contribution >= 0.6 is 0 Å². The average Bonchev–Trinajstić information content (AvgIpc) is 2.79. The molecular weight excluding hydrogens is 288 g/mol. The first-order chi connectivity index (χ1) is 9.96. The SMILES string of the molecule is CCNS(=O)(=O)c1ccc(Nc2cn(C)nc2CC)cc1. The summed E-state index contributed by atoms with van der Waals surface area (Å²) < 4.78 is 27.9. The monoisotopic (exact) mass is 308 g/mol. The number of aryl methyl sites for hydroxylation is 2. The van der Waals surface area contributed by atoms with Gasteiger partial charge in [-0.05, 0) is 30.7 Å². The lowest BCUT2D eigenvalue weighted by Crippen LogP contribution is -2.22. The van der Waals surface area contributed by atoms with Gasteiger partial charge in [0.15, 0.2) is 0 Å². The Labute approximate surface area is 125 Å². The van der Waals surface area contributed by atoms with Gasteiger partial charge in [-0.2, -0.15) is 5.10 Å². The first-order valence-electron chi connectivity index (χ1n) is 6.85. The molecule has 1 aromatic heterocycles. The fourth-order valence-electron chi connectivity index (χ4n) is 2.05. The number of aromatic nitrogens is 2. The Hall–Kier alpha value is -1.86. The van der Waals surface area contributed by atoms with Gasteiger partial charge in [-0.15, -0.1) is 0 Å². The number of benzene rings is 1. The summed E-state index contributed by atoms with van der Waals surface area (Å²) in [4.78, 5) is 0.261. The van der Waals surface area contributed by atoms with Crippen molar-refractivity contribution in [2.75, 3.05) is 11.9 Å². The molecule has 0 radical (unpaired) electrons. The van der Waals surface area contributed by atoms with Gasteiger partial charge in [-0.25, -0.2) is 13.1 Å². The second-order valence-electron chi connectivity index (χ2n) is 4.67. The summed E-state index contributed by atoms with van der Waals surface area (Å²) in [5, 5.41) is 7.61. The Bertz CT molecular complexity index is 705. The molecule has 2 N–H and O–H groups in total. The highest BCUT2D eigenvalue weighted by atomic mass is 32.2. The Morgan fingerprint density at radius 2 is 1.86 bits per heavy atom. The lowest BCUT2D eigenvalue weighted by Gasteiger charge is -2.08. The van der Waals surface area contributed by atoms with E-state index < -0.39 is 10.0 Å². The van der Waals surface area contributed by atoms with Gasteiger partial charge >= 0.3 is 0 Å². The van der Waals surface area contributed by atoms with E-state index in [1.165, 1.54) is 0 Å². The van der Waals surface area contributed by atoms with Crippen molar-refractivity contribution < 1.29 is 8.42 Å². The third kappa shape index (κ3) is 3.62. The van der Waals surface area contributed by atoms with Gasteiger partial charge in [0.2, 0.25) is 10.0 Å². The number of nitrogens with zero attached hydrogens (tertiary/aromatic N) is 2. The number of hydrogen-bond acceptors (Lipinski definition) is 4. The molecule has 7 heteroatoms. The molecule has 1 aromatic carbocycles. The molecule has 0 fully saturated rings. The Morgan fingerprint density at radius 1 is 1.19 bits per heavy atom. The van der Waals surface area contributed by atoms with Crippen LogP contribution in [0.3, 0.4) is 0 Å². The Balaban J connectivity index is 2.20. The standard InChI is InChI=1S/C14H20N4O2S/c1-4-13-14(10-18(3)17-13)16-11-6-8-12(9-7-11)21(19,20)15-5-2/h6-10,15-16H,4-5H2,1-3H3. The minimum absolute atomic E-state index is 0.261. The van der Waals surface area contributed by atoms with E-state index >= 15 is 0 Å². The highest BCUT2D eigenvalue weighted by Gasteiger charge is 2.12. The van der Waals surface area contributed by atoms with E-state index in [1.54, 1.807) is 35.9 Å². The molecule has 1 heterocycles. The molecule has 0 amide bonds. The molecule has 2 aromatic rings. The van der Waals surface area contributed by atoms with E-state index in [1.807, 2.05) is 20.2 Å². The van der Waals surface area contributed by atoms with Crippen LogP contribution in [0.2, 0.25) is 0 Å². The van der Waals surface area contributed by atoms with Gasteiger partial charge in [0, 0.05) is 25.5 Å². The van der Waals surface area contributed by atoms with Crippen LogP contribution in [0.1, 0.15) is 19.5 Å². The van der Waals surface area contributed by atoms with Crippen LogP contribution in [-0.4, -0.2) is 24.7 Å². The average molecular weight is 308 g/mol. The molecular formula is C14H20N4O2S. The number of hydrogen-bond donors (Lipinski definition) is 2. The van der Waals surface area contributed by atoms with Crippen LogP contribution in [-0.2, 0) is 23.5 Å². The highest BCUT2D eigenvalue weighted by molar-refractivity contribution is 7.89. The van der Waals surface area contributed by atoms with Gasteiger partial charge in [0.1, 0.15) is 0 Å². The molecule has 0 spiro atoms. The van der Waals surface area contributed by atoms with E-state index in [0.717, 1.165) is 23.5 Å². The van der Waals surface area contributed by atoms with E-state index in [2.05, 4.69) is 15.1 Å². The summed E-state index contributed by atoms with van der Waals surface area (Å²) in [5.74, 6) is 0. The zero-order valence-electron chi connectivity index (χ0n) is 12.4. The van der Waals surface area contributed by atoms with Crippen LogP contribution in [0, 0.1) is 0 Å². The summed E-state index contributed by atoms with van der Waals surface area (Å²) in [5.41, 5.74) is 2.73. The van der Waals surface area contributed by atoms with Gasteiger partial charge in [-0.3, -0.25) is 4.68 Å². The summed E-state index contributed by atoms with van der Waals surface area (Å²) in [6, 6.07) is 6.66. The van der Waals surface area contributed by atoms with E-state index in [0.29, 0.717) is 6.54 Å². The summed E-state index contributed by atoms with van der Waals surface area (Å²) in [6.07, 6.45) is 2.73. The molecule has 0 aliphatic heterocycles. The van der Waals surface area contributed by atoms with Crippen molar-refractivity contribution in [3.05, 3.63) is 36.2 Å². The first kappa shape index (κ1) is 15.5. The maximum atomic E-state index is 11.9. The maximum Gasteiger partial charge on any atom is 0.240 e. The normalized spacial score (nSPS) is 11.6. The van der Waals surface area contributed by atoms with Crippen LogP contribution in [0.25, 0.3) is 0 Å². The topological polar surface area (TPSA) is 76.0 Å². The minimum atomic E-state index is -3.40. The summed E-state index contributed by atoms with van der Waals surface area (Å²) in [7, 11) is -1.53. The summed E-state index contributed by atoms with van der Waals surface area (Å²) in [6.45, 7) is 4.17. The van der Waals surface area contributed by atoms with Gasteiger partial charge in [-0.1, -0.05) is 13.8 Å². The lowest BCUT2D eigenvalue weighted by molar-refractivity contribution is 0.584. The molecule has 0 aliphatic rings. The van der Waals surface area contributed by atoms with Crippen molar-refractivity contribution in [3.63, 3.8) is 0 Å². The number of rotatable bonds is 6. The van der Waals surface area contributed by atoms with E-state index in [-0.39, 0.29) is 4.90 Å². The molecule has 114 valence electrons. The number of nitrogens with one attached hydrogen (secondary N) is 2. The molecule has 0 bridgehead atoms. The Kier molecular flexibility index (Phi) is 4.64. The van der Waals surface area contributed by atoms with Gasteiger partial charge in [0.25, 0.3) is 0 Å². The molecule has 0 saturated carbocycles. The quantitative estimate of drug-likeness (QED) is 0.856. The Morgan fingerprint density at radius 3 is 2.43 bits per heavy atom. The van der Waals surface area contributed by atoms with Crippen LogP contribution in [0.5, 0.6) is 0 Å². The van der Waals surface area contributed by atoms with Crippen molar-refractivity contribution in [3.8, 4) is 0 Å². The predicted octanol–water partition coefficient (Wildman–Crippen LogP) is 2.02. The predicted molar refractivity (Wildman–Crippen MR) is 83.2 cm³/mol. The molecule has 0 aliphatic carbocycles. The minimum Gasteiger partial charge on any atom is -0.353 e. The van der Waals surface area contributed by atoms with Gasteiger partial charge in [0.05, 0.1) is 16.3 Å². The second-order valence-corrected chi connectivity index (χ2v) is 6.43. The molecule has 0 atom stereocenters. The van der Waals surface area contributed by atoms with Crippen molar-refractivity contribution in [2.24, 2.45) is 7.05 Å². The fourth-order valence-corrected chi connectivity index (χ4v) is 3.09. The van der Waals surface area contributed by atoms with Crippen molar-refractivity contribution in [1.82, 2.24) is 14.5 Å². The summed E-state index contributed by atoms with van der Waals surface area (Å²) >= 11 is 0. The van der Waals surface area contributed by atoms with Gasteiger partial charge < -0.3 is 5.32 Å². The molecule has 21 heavy (non-hydrogen) atoms. The third-order valence-electron chi connectivity index (χ3n) is 3.02. The highest BCUT2D eigenvalue weighted by Crippen LogP contribution is 2.21. The zero-order chi connectivity index (χ0) is 15.5. The van der Waals surface area contributed by atoms with Crippen LogP contribution in [0.15, 0.2) is 35.4 Å². The number of sulfonamides is 1. The number of anilines is 2. The van der Waals surface area contributed by atoms with Crippen molar-refractivity contribution in [2.45, 2.75) is 25.2 Å². The molecule has 0 saturated heterocycles. The smallest absolute Gasteiger partial charge is 0.240 e. The largest absolute Gasteiger partial charge is 0.353 e. The first-order valence-corrected chi connectivity index (χ1v) is 8.34.